The first-order chi connectivity index (χ1) is 7.34. The van der Waals surface area contributed by atoms with E-state index in [1.807, 2.05) is 6.08 Å². The molecular weight excluding hydrogens is 184 g/mol. The number of rotatable bonds is 0. The Morgan fingerprint density at radius 2 is 1.93 bits per heavy atom. The minimum atomic E-state index is 0.351. The molecule has 0 aromatic rings. The van der Waals surface area contributed by atoms with Gasteiger partial charge in [0.25, 0.3) is 0 Å². The third-order valence-corrected chi connectivity index (χ3v) is 4.24. The molecule has 1 fully saturated rings. The van der Waals surface area contributed by atoms with Crippen molar-refractivity contribution in [1.29, 1.82) is 0 Å². The minimum Gasteiger partial charge on any atom is -0.295 e. The largest absolute Gasteiger partial charge is 0.295 e. The molecule has 0 radical (unpaired) electrons. The number of ketones is 1. The van der Waals surface area contributed by atoms with Crippen molar-refractivity contribution in [1.82, 2.24) is 0 Å². The normalized spacial score (nSPS) is 30.8. The predicted molar refractivity (Wildman–Crippen MR) is 60.5 cm³/mol. The van der Waals surface area contributed by atoms with Gasteiger partial charge in [0.2, 0.25) is 0 Å². The summed E-state index contributed by atoms with van der Waals surface area (Å²) < 4.78 is 0. The highest BCUT2D eigenvalue weighted by Crippen LogP contribution is 2.44. The van der Waals surface area contributed by atoms with Gasteiger partial charge in [0.1, 0.15) is 0 Å². The SMILES string of the molecule is O=C1C=C2CCC3CCCCC3=C2CC1. The number of carbonyl (C=O) groups excluding carboxylic acids is 1. The van der Waals surface area contributed by atoms with E-state index in [2.05, 4.69) is 0 Å². The highest BCUT2D eigenvalue weighted by Gasteiger charge is 2.29. The summed E-state index contributed by atoms with van der Waals surface area (Å²) in [5.74, 6) is 1.22. The molecule has 3 rings (SSSR count). The molecule has 0 bridgehead atoms. The zero-order valence-corrected chi connectivity index (χ0v) is 9.22. The molecule has 0 aromatic carbocycles. The Bertz CT molecular complexity index is 360. The van der Waals surface area contributed by atoms with Gasteiger partial charge in [-0.15, -0.1) is 0 Å². The summed E-state index contributed by atoms with van der Waals surface area (Å²) in [6.45, 7) is 0. The number of hydrogen-bond acceptors (Lipinski definition) is 1. The summed E-state index contributed by atoms with van der Waals surface area (Å²) >= 11 is 0. The van der Waals surface area contributed by atoms with Gasteiger partial charge in [-0.25, -0.2) is 0 Å². The second-order valence-electron chi connectivity index (χ2n) is 5.12. The molecule has 0 amide bonds. The van der Waals surface area contributed by atoms with Crippen molar-refractivity contribution in [2.24, 2.45) is 5.92 Å². The van der Waals surface area contributed by atoms with Gasteiger partial charge < -0.3 is 0 Å². The van der Waals surface area contributed by atoms with Crippen LogP contribution in [0.4, 0.5) is 0 Å². The standard InChI is InChI=1S/C14H18O/c15-12-7-8-14-11(9-12)6-5-10-3-1-2-4-13(10)14/h9-10H,1-8H2. The second kappa shape index (κ2) is 3.62. The fourth-order valence-corrected chi connectivity index (χ4v) is 3.48. The molecule has 0 N–H and O–H groups in total. The fourth-order valence-electron chi connectivity index (χ4n) is 3.48. The van der Waals surface area contributed by atoms with E-state index >= 15 is 0 Å². The topological polar surface area (TPSA) is 17.1 Å². The molecule has 1 unspecified atom stereocenters. The maximum atomic E-state index is 11.4. The first-order valence-corrected chi connectivity index (χ1v) is 6.30. The Labute approximate surface area is 91.2 Å². The molecule has 0 heterocycles. The van der Waals surface area contributed by atoms with E-state index in [0.717, 1.165) is 25.2 Å². The maximum Gasteiger partial charge on any atom is 0.156 e. The first kappa shape index (κ1) is 9.38. The monoisotopic (exact) mass is 202 g/mol. The predicted octanol–water partition coefficient (Wildman–Crippen LogP) is 3.56. The summed E-state index contributed by atoms with van der Waals surface area (Å²) in [5, 5.41) is 0. The number of carbonyl (C=O) groups is 1. The summed E-state index contributed by atoms with van der Waals surface area (Å²) in [7, 11) is 0. The minimum absolute atomic E-state index is 0.351. The molecule has 15 heavy (non-hydrogen) atoms. The average molecular weight is 202 g/mol. The molecule has 1 heteroatoms. The Balaban J connectivity index is 2.01. The molecule has 0 spiro atoms. The van der Waals surface area contributed by atoms with E-state index in [1.54, 1.807) is 11.1 Å². The van der Waals surface area contributed by atoms with Gasteiger partial charge in [0.05, 0.1) is 0 Å². The van der Waals surface area contributed by atoms with Crippen LogP contribution in [0.15, 0.2) is 22.8 Å². The van der Waals surface area contributed by atoms with Crippen molar-refractivity contribution >= 4 is 5.78 Å². The highest BCUT2D eigenvalue weighted by molar-refractivity contribution is 5.93. The van der Waals surface area contributed by atoms with Gasteiger partial charge >= 0.3 is 0 Å². The van der Waals surface area contributed by atoms with E-state index in [9.17, 15) is 4.79 Å². The van der Waals surface area contributed by atoms with Crippen molar-refractivity contribution in [2.45, 2.75) is 51.4 Å². The molecule has 1 nitrogen and oxygen atoms in total. The number of allylic oxidation sites excluding steroid dienone is 4. The van der Waals surface area contributed by atoms with Crippen molar-refractivity contribution in [3.63, 3.8) is 0 Å². The van der Waals surface area contributed by atoms with Crippen LogP contribution in [0.25, 0.3) is 0 Å². The van der Waals surface area contributed by atoms with Crippen molar-refractivity contribution in [3.05, 3.63) is 22.8 Å². The number of fused-ring (bicyclic) bond motifs is 2. The van der Waals surface area contributed by atoms with Gasteiger partial charge in [-0.1, -0.05) is 12.0 Å². The molecule has 3 aliphatic rings. The highest BCUT2D eigenvalue weighted by atomic mass is 16.1. The lowest BCUT2D eigenvalue weighted by Crippen LogP contribution is -2.20. The Morgan fingerprint density at radius 3 is 2.87 bits per heavy atom. The third-order valence-electron chi connectivity index (χ3n) is 4.24. The molecule has 80 valence electrons. The Hall–Kier alpha value is -0.850. The smallest absolute Gasteiger partial charge is 0.156 e. The van der Waals surface area contributed by atoms with E-state index in [0.29, 0.717) is 5.78 Å². The fraction of sp³-hybridized carbons (Fsp3) is 0.643. The van der Waals surface area contributed by atoms with Crippen LogP contribution in [0.1, 0.15) is 51.4 Å². The van der Waals surface area contributed by atoms with Crippen LogP contribution in [0.3, 0.4) is 0 Å². The lowest BCUT2D eigenvalue weighted by Gasteiger charge is -2.35. The van der Waals surface area contributed by atoms with E-state index in [-0.39, 0.29) is 0 Å². The summed E-state index contributed by atoms with van der Waals surface area (Å²) in [6, 6.07) is 0. The summed E-state index contributed by atoms with van der Waals surface area (Å²) in [4.78, 5) is 11.4. The van der Waals surface area contributed by atoms with Crippen LogP contribution < -0.4 is 0 Å². The van der Waals surface area contributed by atoms with Crippen LogP contribution >= 0.6 is 0 Å². The van der Waals surface area contributed by atoms with Gasteiger partial charge in [0.15, 0.2) is 5.78 Å². The summed E-state index contributed by atoms with van der Waals surface area (Å²) in [5.41, 5.74) is 4.70. The molecule has 1 saturated carbocycles. The molecule has 0 aromatic heterocycles. The third kappa shape index (κ3) is 1.58. The van der Waals surface area contributed by atoms with Crippen molar-refractivity contribution in [2.75, 3.05) is 0 Å². The van der Waals surface area contributed by atoms with Crippen LogP contribution in [0, 0.1) is 5.92 Å². The maximum absolute atomic E-state index is 11.4. The molecular formula is C14H18O. The van der Waals surface area contributed by atoms with Crippen LogP contribution in [0.5, 0.6) is 0 Å². The molecule has 3 aliphatic carbocycles. The summed E-state index contributed by atoms with van der Waals surface area (Å²) in [6.07, 6.45) is 11.7. The van der Waals surface area contributed by atoms with Crippen LogP contribution in [-0.2, 0) is 4.79 Å². The quantitative estimate of drug-likeness (QED) is 0.587. The average Bonchev–Trinajstić information content (AvgIpc) is 2.28. The van der Waals surface area contributed by atoms with Gasteiger partial charge in [-0.05, 0) is 61.7 Å². The Morgan fingerprint density at radius 1 is 1.00 bits per heavy atom. The van der Waals surface area contributed by atoms with Crippen molar-refractivity contribution < 1.29 is 4.79 Å². The zero-order valence-electron chi connectivity index (χ0n) is 9.22. The van der Waals surface area contributed by atoms with Crippen molar-refractivity contribution in [3.8, 4) is 0 Å². The van der Waals surface area contributed by atoms with Gasteiger partial charge in [-0.2, -0.15) is 0 Å². The second-order valence-corrected chi connectivity index (χ2v) is 5.12. The first-order valence-electron chi connectivity index (χ1n) is 6.30. The van der Waals surface area contributed by atoms with Gasteiger partial charge in [-0.3, -0.25) is 4.79 Å². The van der Waals surface area contributed by atoms with Crippen LogP contribution in [-0.4, -0.2) is 5.78 Å². The van der Waals surface area contributed by atoms with Gasteiger partial charge in [0, 0.05) is 6.42 Å². The molecule has 0 saturated heterocycles. The lowest BCUT2D eigenvalue weighted by atomic mass is 9.70. The molecule has 0 aliphatic heterocycles. The van der Waals surface area contributed by atoms with E-state index in [4.69, 9.17) is 0 Å². The van der Waals surface area contributed by atoms with E-state index in [1.165, 1.54) is 37.7 Å². The lowest BCUT2D eigenvalue weighted by molar-refractivity contribution is -0.114. The van der Waals surface area contributed by atoms with Crippen LogP contribution in [0.2, 0.25) is 0 Å². The zero-order chi connectivity index (χ0) is 10.3. The molecule has 1 atom stereocenters. The van der Waals surface area contributed by atoms with E-state index < -0.39 is 0 Å². The Kier molecular flexibility index (Phi) is 2.27. The number of hydrogen-bond donors (Lipinski definition) is 0.